The lowest BCUT2D eigenvalue weighted by Crippen LogP contribution is -2.17. The molecule has 0 bridgehead atoms. The molecule has 0 aliphatic heterocycles. The maximum absolute atomic E-state index is 12.5. The van der Waals surface area contributed by atoms with Crippen LogP contribution in [0.5, 0.6) is 0 Å². The van der Waals surface area contributed by atoms with Crippen molar-refractivity contribution in [3.63, 3.8) is 0 Å². The van der Waals surface area contributed by atoms with Crippen molar-refractivity contribution in [3.8, 4) is 11.3 Å². The first-order valence-electron chi connectivity index (χ1n) is 9.92. The van der Waals surface area contributed by atoms with Gasteiger partial charge in [-0.25, -0.2) is 4.79 Å². The molecule has 32 heavy (non-hydrogen) atoms. The van der Waals surface area contributed by atoms with Crippen LogP contribution in [0.15, 0.2) is 53.1 Å². The standard InChI is InChI=1S/C23H23ClN2O5S/c1-14-21(25-23(29)30-15(2)18-5-3-4-6-19(18)24)22(31-26-14)17-9-7-16(8-10-17)13-32-12-11-20(27)28/h3-10,15H,11-13H2,1-2H3,(H,25,29)(H,27,28)/t15-/m0/s1. The van der Waals surface area contributed by atoms with Crippen molar-refractivity contribution in [2.45, 2.75) is 32.1 Å². The molecule has 9 heteroatoms. The molecule has 0 unspecified atom stereocenters. The molecule has 0 fully saturated rings. The topological polar surface area (TPSA) is 102 Å². The molecular formula is C23H23ClN2O5S. The lowest BCUT2D eigenvalue weighted by molar-refractivity contribution is -0.136. The van der Waals surface area contributed by atoms with E-state index in [4.69, 9.17) is 26.0 Å². The summed E-state index contributed by atoms with van der Waals surface area (Å²) in [5.74, 6) is 0.893. The number of aryl methyl sites for hydroxylation is 1. The third kappa shape index (κ3) is 6.27. The molecule has 0 saturated carbocycles. The molecule has 3 rings (SSSR count). The molecule has 3 aromatic rings. The van der Waals surface area contributed by atoms with Gasteiger partial charge >= 0.3 is 12.1 Å². The summed E-state index contributed by atoms with van der Waals surface area (Å²) in [4.78, 5) is 23.1. The summed E-state index contributed by atoms with van der Waals surface area (Å²) < 4.78 is 10.9. The Kier molecular flexibility index (Phi) is 8.19. The lowest BCUT2D eigenvalue weighted by Gasteiger charge is -2.15. The SMILES string of the molecule is Cc1noc(-c2ccc(CSCCC(=O)O)cc2)c1NC(=O)O[C@@H](C)c1ccccc1Cl. The van der Waals surface area contributed by atoms with Crippen LogP contribution in [0.2, 0.25) is 5.02 Å². The van der Waals surface area contributed by atoms with Crippen LogP contribution in [-0.2, 0) is 15.3 Å². The van der Waals surface area contributed by atoms with E-state index in [0.29, 0.717) is 39.2 Å². The van der Waals surface area contributed by atoms with E-state index in [-0.39, 0.29) is 6.42 Å². The number of carbonyl (C=O) groups excluding carboxylic acids is 1. The van der Waals surface area contributed by atoms with E-state index in [1.807, 2.05) is 36.4 Å². The van der Waals surface area contributed by atoms with E-state index in [9.17, 15) is 9.59 Å². The summed E-state index contributed by atoms with van der Waals surface area (Å²) in [6.07, 6.45) is -1.04. The fraction of sp³-hybridized carbons (Fsp3) is 0.261. The van der Waals surface area contributed by atoms with Gasteiger partial charge in [0.15, 0.2) is 5.76 Å². The average molecular weight is 475 g/mol. The average Bonchev–Trinajstić information content (AvgIpc) is 3.11. The van der Waals surface area contributed by atoms with Crippen LogP contribution in [0, 0.1) is 6.92 Å². The number of anilines is 1. The molecule has 1 heterocycles. The molecule has 2 N–H and O–H groups in total. The number of ether oxygens (including phenoxy) is 1. The van der Waals surface area contributed by atoms with Gasteiger partial charge < -0.3 is 14.4 Å². The highest BCUT2D eigenvalue weighted by Gasteiger charge is 2.20. The quantitative estimate of drug-likeness (QED) is 0.350. The predicted octanol–water partition coefficient (Wildman–Crippen LogP) is 6.32. The highest BCUT2D eigenvalue weighted by Crippen LogP contribution is 2.32. The number of thioether (sulfide) groups is 1. The van der Waals surface area contributed by atoms with Crippen LogP contribution >= 0.6 is 23.4 Å². The largest absolute Gasteiger partial charge is 0.481 e. The molecule has 1 amide bonds. The predicted molar refractivity (Wildman–Crippen MR) is 125 cm³/mol. The van der Waals surface area contributed by atoms with Crippen LogP contribution < -0.4 is 5.32 Å². The number of hydrogen-bond donors (Lipinski definition) is 2. The van der Waals surface area contributed by atoms with Gasteiger partial charge in [-0.1, -0.05) is 59.2 Å². The monoisotopic (exact) mass is 474 g/mol. The number of rotatable bonds is 9. The number of halogens is 1. The van der Waals surface area contributed by atoms with Gasteiger partial charge in [0.25, 0.3) is 0 Å². The number of nitrogens with zero attached hydrogens (tertiary/aromatic N) is 1. The molecule has 1 atom stereocenters. The van der Waals surface area contributed by atoms with Gasteiger partial charge in [-0.2, -0.15) is 11.8 Å². The Balaban J connectivity index is 1.65. The first-order valence-corrected chi connectivity index (χ1v) is 11.5. The lowest BCUT2D eigenvalue weighted by atomic mass is 10.1. The van der Waals surface area contributed by atoms with Gasteiger partial charge in [0.05, 0.1) is 6.42 Å². The molecule has 0 aliphatic rings. The van der Waals surface area contributed by atoms with E-state index in [0.717, 1.165) is 11.1 Å². The number of amides is 1. The van der Waals surface area contributed by atoms with Crippen LogP contribution in [0.1, 0.15) is 36.3 Å². The van der Waals surface area contributed by atoms with Crippen molar-refractivity contribution in [2.75, 3.05) is 11.1 Å². The molecule has 0 saturated heterocycles. The summed E-state index contributed by atoms with van der Waals surface area (Å²) in [6.45, 7) is 3.48. The van der Waals surface area contributed by atoms with Crippen molar-refractivity contribution in [1.82, 2.24) is 5.16 Å². The molecule has 168 valence electrons. The third-order valence-corrected chi connectivity index (χ3v) is 6.04. The second kappa shape index (κ2) is 11.1. The Morgan fingerprint density at radius 1 is 1.22 bits per heavy atom. The summed E-state index contributed by atoms with van der Waals surface area (Å²) >= 11 is 7.74. The highest BCUT2D eigenvalue weighted by molar-refractivity contribution is 7.98. The van der Waals surface area contributed by atoms with Crippen molar-refractivity contribution in [1.29, 1.82) is 0 Å². The molecule has 0 radical (unpaired) electrons. The van der Waals surface area contributed by atoms with Gasteiger partial charge in [0.2, 0.25) is 0 Å². The zero-order valence-corrected chi connectivity index (χ0v) is 19.2. The van der Waals surface area contributed by atoms with Crippen LogP contribution in [0.3, 0.4) is 0 Å². The normalized spacial score (nSPS) is 11.7. The maximum atomic E-state index is 12.5. The summed E-state index contributed by atoms with van der Waals surface area (Å²) in [5.41, 5.74) is 3.48. The smallest absolute Gasteiger partial charge is 0.412 e. The second-order valence-corrected chi connectivity index (χ2v) is 8.57. The minimum Gasteiger partial charge on any atom is -0.481 e. The van der Waals surface area contributed by atoms with Crippen molar-refractivity contribution < 1.29 is 24.0 Å². The summed E-state index contributed by atoms with van der Waals surface area (Å²) in [6, 6.07) is 14.8. The van der Waals surface area contributed by atoms with Gasteiger partial charge in [-0.15, -0.1) is 0 Å². The van der Waals surface area contributed by atoms with E-state index < -0.39 is 18.2 Å². The Morgan fingerprint density at radius 2 is 1.94 bits per heavy atom. The molecule has 2 aromatic carbocycles. The third-order valence-electron chi connectivity index (χ3n) is 4.66. The number of aromatic nitrogens is 1. The molecular weight excluding hydrogens is 452 g/mol. The maximum Gasteiger partial charge on any atom is 0.412 e. The first kappa shape index (κ1) is 23.7. The number of aliphatic carboxylic acids is 1. The number of hydrogen-bond acceptors (Lipinski definition) is 6. The number of nitrogens with one attached hydrogen (secondary N) is 1. The minimum atomic E-state index is -0.798. The first-order chi connectivity index (χ1) is 15.3. The van der Waals surface area contributed by atoms with E-state index in [2.05, 4.69) is 10.5 Å². The Bertz CT molecular complexity index is 1080. The number of carboxylic acids is 1. The van der Waals surface area contributed by atoms with Crippen molar-refractivity contribution in [2.24, 2.45) is 0 Å². The van der Waals surface area contributed by atoms with Gasteiger partial charge in [0.1, 0.15) is 17.5 Å². The van der Waals surface area contributed by atoms with Crippen LogP contribution in [-0.4, -0.2) is 28.1 Å². The van der Waals surface area contributed by atoms with Gasteiger partial charge in [-0.05, 0) is 25.5 Å². The molecule has 0 aliphatic carbocycles. The summed E-state index contributed by atoms with van der Waals surface area (Å²) in [7, 11) is 0. The Labute approximate surface area is 195 Å². The van der Waals surface area contributed by atoms with Crippen molar-refractivity contribution in [3.05, 3.63) is 70.4 Å². The van der Waals surface area contributed by atoms with Gasteiger partial charge in [0, 0.05) is 27.7 Å². The fourth-order valence-electron chi connectivity index (χ4n) is 2.98. The number of carbonyl (C=O) groups is 2. The number of benzene rings is 2. The molecule has 1 aromatic heterocycles. The van der Waals surface area contributed by atoms with E-state index in [1.165, 1.54) is 0 Å². The Morgan fingerprint density at radius 3 is 2.62 bits per heavy atom. The van der Waals surface area contributed by atoms with E-state index >= 15 is 0 Å². The van der Waals surface area contributed by atoms with Crippen molar-refractivity contribution >= 4 is 41.1 Å². The summed E-state index contributed by atoms with van der Waals surface area (Å²) in [5, 5.41) is 15.9. The molecule has 0 spiro atoms. The molecule has 7 nitrogen and oxygen atoms in total. The van der Waals surface area contributed by atoms with Crippen LogP contribution in [0.25, 0.3) is 11.3 Å². The fourth-order valence-corrected chi connectivity index (χ4v) is 4.16. The number of carboxylic acid groups (broad SMARTS) is 1. The highest BCUT2D eigenvalue weighted by atomic mass is 35.5. The van der Waals surface area contributed by atoms with Gasteiger partial charge in [-0.3, -0.25) is 10.1 Å². The van der Waals surface area contributed by atoms with E-state index in [1.54, 1.807) is 37.7 Å². The Hall–Kier alpha value is -2.97. The second-order valence-electron chi connectivity index (χ2n) is 7.06. The zero-order valence-electron chi connectivity index (χ0n) is 17.6. The minimum absolute atomic E-state index is 0.139. The zero-order chi connectivity index (χ0) is 23.1. The van der Waals surface area contributed by atoms with Crippen LogP contribution in [0.4, 0.5) is 10.5 Å².